The topological polar surface area (TPSA) is 124 Å². The standard InChI is InChI=1S/C15H19N5O5/c1-7(21)22-4-8-10-11(25-15(2,3)24-10)14(23-8)20-6-19-9-12(16)17-5-18-13(9)20/h5-6,8,10-11,14H,4H2,1-3H3,(H2,16,17,18)/t8-,10+,11-,14+/m0/s1. The highest BCUT2D eigenvalue weighted by Crippen LogP contribution is 2.43. The number of anilines is 1. The number of ether oxygens (including phenoxy) is 4. The molecule has 2 N–H and O–H groups in total. The molecule has 4 heterocycles. The van der Waals surface area contributed by atoms with Crippen molar-refractivity contribution in [1.82, 2.24) is 19.5 Å². The zero-order valence-corrected chi connectivity index (χ0v) is 14.1. The zero-order valence-electron chi connectivity index (χ0n) is 14.1. The molecule has 0 radical (unpaired) electrons. The van der Waals surface area contributed by atoms with Crippen LogP contribution < -0.4 is 5.73 Å². The molecule has 0 unspecified atom stereocenters. The van der Waals surface area contributed by atoms with Crippen LogP contribution in [-0.2, 0) is 23.7 Å². The summed E-state index contributed by atoms with van der Waals surface area (Å²) >= 11 is 0. The fraction of sp³-hybridized carbons (Fsp3) is 0.600. The number of hydrogen-bond acceptors (Lipinski definition) is 9. The summed E-state index contributed by atoms with van der Waals surface area (Å²) in [4.78, 5) is 23.6. The Labute approximate surface area is 143 Å². The Balaban J connectivity index is 1.68. The lowest BCUT2D eigenvalue weighted by Crippen LogP contribution is -2.33. The van der Waals surface area contributed by atoms with Gasteiger partial charge < -0.3 is 24.7 Å². The third kappa shape index (κ3) is 2.71. The van der Waals surface area contributed by atoms with Crippen LogP contribution in [0.2, 0.25) is 0 Å². The van der Waals surface area contributed by atoms with Crippen molar-refractivity contribution in [3.63, 3.8) is 0 Å². The highest BCUT2D eigenvalue weighted by Gasteiger charge is 2.56. The average molecular weight is 349 g/mol. The van der Waals surface area contributed by atoms with E-state index >= 15 is 0 Å². The molecule has 2 fully saturated rings. The molecule has 0 aromatic carbocycles. The first-order valence-electron chi connectivity index (χ1n) is 7.93. The van der Waals surface area contributed by atoms with Gasteiger partial charge in [0.2, 0.25) is 0 Å². The van der Waals surface area contributed by atoms with Crippen molar-refractivity contribution in [3.05, 3.63) is 12.7 Å². The molecule has 4 rings (SSSR count). The van der Waals surface area contributed by atoms with Gasteiger partial charge in [-0.15, -0.1) is 0 Å². The molecule has 2 aromatic heterocycles. The summed E-state index contributed by atoms with van der Waals surface area (Å²) in [6.07, 6.45) is 1.18. The molecule has 10 heteroatoms. The Bertz CT molecular complexity index is 822. The molecule has 0 saturated carbocycles. The first-order valence-corrected chi connectivity index (χ1v) is 7.93. The SMILES string of the molecule is CC(=O)OC[C@@H]1O[C@@H](n2cnc3c(N)ncnc32)[C@H]2OC(C)(C)O[C@@H]21. The summed E-state index contributed by atoms with van der Waals surface area (Å²) in [5.41, 5.74) is 6.87. The van der Waals surface area contributed by atoms with Crippen LogP contribution in [0.15, 0.2) is 12.7 Å². The number of nitrogen functional groups attached to an aromatic ring is 1. The second kappa shape index (κ2) is 5.61. The van der Waals surface area contributed by atoms with Crippen LogP contribution in [0.5, 0.6) is 0 Å². The third-order valence-electron chi connectivity index (χ3n) is 4.24. The van der Waals surface area contributed by atoms with E-state index in [1.165, 1.54) is 13.3 Å². The second-order valence-electron chi connectivity index (χ2n) is 6.52. The number of nitrogens with two attached hydrogens (primary N) is 1. The Kier molecular flexibility index (Phi) is 3.63. The number of nitrogens with zero attached hydrogens (tertiary/aromatic N) is 4. The molecule has 2 aliphatic heterocycles. The van der Waals surface area contributed by atoms with Gasteiger partial charge >= 0.3 is 5.97 Å². The maximum absolute atomic E-state index is 11.1. The van der Waals surface area contributed by atoms with E-state index in [0.29, 0.717) is 17.0 Å². The molecular weight excluding hydrogens is 330 g/mol. The van der Waals surface area contributed by atoms with Crippen LogP contribution in [0, 0.1) is 0 Å². The van der Waals surface area contributed by atoms with Crippen molar-refractivity contribution < 1.29 is 23.7 Å². The van der Waals surface area contributed by atoms with E-state index in [4.69, 9.17) is 24.7 Å². The van der Waals surface area contributed by atoms with Gasteiger partial charge in [0.25, 0.3) is 0 Å². The molecule has 2 aromatic rings. The summed E-state index contributed by atoms with van der Waals surface area (Å²) in [5.74, 6) is -0.856. The van der Waals surface area contributed by atoms with E-state index in [9.17, 15) is 4.79 Å². The van der Waals surface area contributed by atoms with Gasteiger partial charge in [0, 0.05) is 6.92 Å². The van der Waals surface area contributed by atoms with E-state index in [0.717, 1.165) is 0 Å². The van der Waals surface area contributed by atoms with Crippen LogP contribution in [0.3, 0.4) is 0 Å². The fourth-order valence-electron chi connectivity index (χ4n) is 3.27. The highest BCUT2D eigenvalue weighted by atomic mass is 16.8. The molecular formula is C15H19N5O5. The van der Waals surface area contributed by atoms with Crippen LogP contribution >= 0.6 is 0 Å². The predicted molar refractivity (Wildman–Crippen MR) is 84.1 cm³/mol. The molecule has 25 heavy (non-hydrogen) atoms. The second-order valence-corrected chi connectivity index (χ2v) is 6.52. The summed E-state index contributed by atoms with van der Waals surface area (Å²) in [6, 6.07) is 0. The number of esters is 1. The monoisotopic (exact) mass is 349 g/mol. The number of aromatic nitrogens is 4. The van der Waals surface area contributed by atoms with Crippen molar-refractivity contribution in [2.45, 2.75) is 51.1 Å². The number of carbonyl (C=O) groups excluding carboxylic acids is 1. The first kappa shape index (κ1) is 16.2. The minimum Gasteiger partial charge on any atom is -0.463 e. The van der Waals surface area contributed by atoms with Crippen molar-refractivity contribution in [2.75, 3.05) is 12.3 Å². The van der Waals surface area contributed by atoms with Gasteiger partial charge in [-0.05, 0) is 13.8 Å². The minimum atomic E-state index is -0.768. The maximum atomic E-state index is 11.1. The van der Waals surface area contributed by atoms with Crippen LogP contribution in [0.1, 0.15) is 27.0 Å². The zero-order chi connectivity index (χ0) is 17.8. The lowest BCUT2D eigenvalue weighted by molar-refractivity contribution is -0.201. The van der Waals surface area contributed by atoms with Gasteiger partial charge in [0.15, 0.2) is 23.5 Å². The van der Waals surface area contributed by atoms with E-state index in [-0.39, 0.29) is 18.7 Å². The number of hydrogen-bond donors (Lipinski definition) is 1. The molecule has 0 spiro atoms. The molecule has 2 aliphatic rings. The molecule has 4 atom stereocenters. The average Bonchev–Trinajstić information content (AvgIpc) is 3.17. The Morgan fingerprint density at radius 1 is 1.32 bits per heavy atom. The largest absolute Gasteiger partial charge is 0.463 e. The minimum absolute atomic E-state index is 0.0796. The van der Waals surface area contributed by atoms with E-state index in [2.05, 4.69) is 15.0 Å². The summed E-state index contributed by atoms with van der Waals surface area (Å²) in [5, 5.41) is 0. The Hall–Kier alpha value is -2.30. The van der Waals surface area contributed by atoms with Crippen LogP contribution in [0.25, 0.3) is 11.2 Å². The molecule has 0 amide bonds. The van der Waals surface area contributed by atoms with Crippen molar-refractivity contribution in [3.8, 4) is 0 Å². The quantitative estimate of drug-likeness (QED) is 0.783. The molecule has 10 nitrogen and oxygen atoms in total. The van der Waals surface area contributed by atoms with Gasteiger partial charge in [-0.2, -0.15) is 0 Å². The Morgan fingerprint density at radius 3 is 2.84 bits per heavy atom. The van der Waals surface area contributed by atoms with Crippen molar-refractivity contribution >= 4 is 23.0 Å². The number of rotatable bonds is 3. The maximum Gasteiger partial charge on any atom is 0.302 e. The van der Waals surface area contributed by atoms with Gasteiger partial charge in [0.05, 0.1) is 6.33 Å². The molecule has 0 aliphatic carbocycles. The van der Waals surface area contributed by atoms with E-state index in [1.54, 1.807) is 10.9 Å². The van der Waals surface area contributed by atoms with Crippen molar-refractivity contribution in [2.24, 2.45) is 0 Å². The van der Waals surface area contributed by atoms with Crippen LogP contribution in [-0.4, -0.2) is 56.2 Å². The normalized spacial score (nSPS) is 30.5. The summed E-state index contributed by atoms with van der Waals surface area (Å²) in [7, 11) is 0. The lowest BCUT2D eigenvalue weighted by Gasteiger charge is -2.24. The van der Waals surface area contributed by atoms with Crippen LogP contribution in [0.4, 0.5) is 5.82 Å². The first-order chi connectivity index (χ1) is 11.9. The highest BCUT2D eigenvalue weighted by molar-refractivity contribution is 5.81. The van der Waals surface area contributed by atoms with Crippen molar-refractivity contribution in [1.29, 1.82) is 0 Å². The lowest BCUT2D eigenvalue weighted by atomic mass is 10.1. The fourth-order valence-corrected chi connectivity index (χ4v) is 3.27. The smallest absolute Gasteiger partial charge is 0.302 e. The van der Waals surface area contributed by atoms with E-state index < -0.39 is 24.2 Å². The Morgan fingerprint density at radius 2 is 2.08 bits per heavy atom. The summed E-state index contributed by atoms with van der Waals surface area (Å²) in [6.45, 7) is 5.09. The number of imidazole rings is 1. The predicted octanol–water partition coefficient (Wildman–Crippen LogP) is 0.389. The third-order valence-corrected chi connectivity index (χ3v) is 4.24. The van der Waals surface area contributed by atoms with Gasteiger partial charge in [-0.1, -0.05) is 0 Å². The van der Waals surface area contributed by atoms with Gasteiger partial charge in [0.1, 0.15) is 36.8 Å². The molecule has 134 valence electrons. The summed E-state index contributed by atoms with van der Waals surface area (Å²) < 4.78 is 24.9. The number of fused-ring (bicyclic) bond motifs is 2. The van der Waals surface area contributed by atoms with Gasteiger partial charge in [-0.3, -0.25) is 9.36 Å². The van der Waals surface area contributed by atoms with E-state index in [1.807, 2.05) is 13.8 Å². The molecule has 0 bridgehead atoms. The van der Waals surface area contributed by atoms with Gasteiger partial charge in [-0.25, -0.2) is 15.0 Å². The molecule has 2 saturated heterocycles. The number of carbonyl (C=O) groups is 1.